The summed E-state index contributed by atoms with van der Waals surface area (Å²) in [5.41, 5.74) is 7.40. The Morgan fingerprint density at radius 1 is 1.47 bits per heavy atom. The van der Waals surface area contributed by atoms with Crippen molar-refractivity contribution in [1.82, 2.24) is 4.90 Å². The van der Waals surface area contributed by atoms with Crippen LogP contribution in [0.15, 0.2) is 24.3 Å². The first-order valence-electron chi connectivity index (χ1n) is 5.29. The zero-order chi connectivity index (χ0) is 10.9. The topological polar surface area (TPSA) is 29.3 Å². The van der Waals surface area contributed by atoms with E-state index in [-0.39, 0.29) is 5.54 Å². The van der Waals surface area contributed by atoms with E-state index in [0.717, 1.165) is 31.0 Å². The number of likely N-dealkylation sites (N-methyl/N-ethyl adjacent to an activating group) is 1. The van der Waals surface area contributed by atoms with E-state index in [9.17, 15) is 0 Å². The SMILES string of the molecule is CN(Cc1cccc(Cl)c1)CC1(N)CC1. The Hall–Kier alpha value is -0.570. The lowest BCUT2D eigenvalue weighted by molar-refractivity contribution is 0.296. The highest BCUT2D eigenvalue weighted by Crippen LogP contribution is 2.32. The van der Waals surface area contributed by atoms with Crippen LogP contribution in [0.3, 0.4) is 0 Å². The molecule has 0 unspecified atom stereocenters. The molecule has 1 aromatic rings. The van der Waals surface area contributed by atoms with Gasteiger partial charge in [-0.2, -0.15) is 0 Å². The molecule has 0 heterocycles. The summed E-state index contributed by atoms with van der Waals surface area (Å²) in [6.07, 6.45) is 2.32. The van der Waals surface area contributed by atoms with E-state index in [0.29, 0.717) is 0 Å². The van der Waals surface area contributed by atoms with Crippen molar-refractivity contribution < 1.29 is 0 Å². The van der Waals surface area contributed by atoms with Crippen molar-refractivity contribution in [1.29, 1.82) is 0 Å². The summed E-state index contributed by atoms with van der Waals surface area (Å²) in [7, 11) is 2.10. The molecule has 0 aliphatic heterocycles. The second kappa shape index (κ2) is 4.12. The number of rotatable bonds is 4. The highest BCUT2D eigenvalue weighted by atomic mass is 35.5. The van der Waals surface area contributed by atoms with E-state index in [1.54, 1.807) is 0 Å². The molecule has 2 nitrogen and oxygen atoms in total. The molecule has 0 amide bonds. The molecule has 1 aromatic carbocycles. The molecule has 1 fully saturated rings. The van der Waals surface area contributed by atoms with Crippen molar-refractivity contribution >= 4 is 11.6 Å². The monoisotopic (exact) mass is 224 g/mol. The molecular formula is C12H17ClN2. The van der Waals surface area contributed by atoms with Crippen molar-refractivity contribution in [2.75, 3.05) is 13.6 Å². The van der Waals surface area contributed by atoms with E-state index < -0.39 is 0 Å². The number of nitrogens with zero attached hydrogens (tertiary/aromatic N) is 1. The van der Waals surface area contributed by atoms with Gasteiger partial charge in [0.25, 0.3) is 0 Å². The van der Waals surface area contributed by atoms with Gasteiger partial charge < -0.3 is 10.6 Å². The van der Waals surface area contributed by atoms with Gasteiger partial charge in [0.2, 0.25) is 0 Å². The first-order chi connectivity index (χ1) is 7.07. The lowest BCUT2D eigenvalue weighted by Gasteiger charge is -2.20. The predicted octanol–water partition coefficient (Wildman–Crippen LogP) is 2.26. The maximum absolute atomic E-state index is 6.06. The maximum atomic E-state index is 6.06. The fourth-order valence-corrected chi connectivity index (χ4v) is 2.07. The quantitative estimate of drug-likeness (QED) is 0.850. The zero-order valence-electron chi connectivity index (χ0n) is 9.04. The summed E-state index contributed by atoms with van der Waals surface area (Å²) in [6.45, 7) is 1.89. The standard InChI is InChI=1S/C12H17ClN2/c1-15(9-12(14)5-6-12)8-10-3-2-4-11(13)7-10/h2-4,7H,5-6,8-9,14H2,1H3. The van der Waals surface area contributed by atoms with E-state index in [4.69, 9.17) is 17.3 Å². The Morgan fingerprint density at radius 3 is 2.80 bits per heavy atom. The van der Waals surface area contributed by atoms with Gasteiger partial charge in [-0.25, -0.2) is 0 Å². The Labute approximate surface area is 96.0 Å². The number of nitrogens with two attached hydrogens (primary N) is 1. The van der Waals surface area contributed by atoms with Gasteiger partial charge in [0, 0.05) is 23.7 Å². The molecular weight excluding hydrogens is 208 g/mol. The lowest BCUT2D eigenvalue weighted by Crippen LogP contribution is -2.36. The normalized spacial score (nSPS) is 18.1. The Bertz CT molecular complexity index is 347. The highest BCUT2D eigenvalue weighted by molar-refractivity contribution is 6.30. The van der Waals surface area contributed by atoms with Crippen LogP contribution in [0, 0.1) is 0 Å². The van der Waals surface area contributed by atoms with Crippen LogP contribution in [0.1, 0.15) is 18.4 Å². The molecule has 0 saturated heterocycles. The number of hydrogen-bond acceptors (Lipinski definition) is 2. The van der Waals surface area contributed by atoms with Crippen LogP contribution in [-0.2, 0) is 6.54 Å². The van der Waals surface area contributed by atoms with Crippen LogP contribution in [0.4, 0.5) is 0 Å². The van der Waals surface area contributed by atoms with Crippen LogP contribution in [0.25, 0.3) is 0 Å². The van der Waals surface area contributed by atoms with E-state index in [1.165, 1.54) is 5.56 Å². The molecule has 0 aromatic heterocycles. The summed E-state index contributed by atoms with van der Waals surface area (Å²) in [5.74, 6) is 0. The Balaban J connectivity index is 1.90. The predicted molar refractivity (Wildman–Crippen MR) is 63.9 cm³/mol. The molecule has 3 heteroatoms. The van der Waals surface area contributed by atoms with Crippen molar-refractivity contribution in [2.45, 2.75) is 24.9 Å². The molecule has 1 aliphatic carbocycles. The second-order valence-electron chi connectivity index (χ2n) is 4.66. The van der Waals surface area contributed by atoms with Gasteiger partial charge >= 0.3 is 0 Å². The van der Waals surface area contributed by atoms with Crippen LogP contribution < -0.4 is 5.73 Å². The van der Waals surface area contributed by atoms with Crippen molar-refractivity contribution in [2.24, 2.45) is 5.73 Å². The van der Waals surface area contributed by atoms with Crippen molar-refractivity contribution in [3.05, 3.63) is 34.9 Å². The van der Waals surface area contributed by atoms with E-state index >= 15 is 0 Å². The van der Waals surface area contributed by atoms with Crippen LogP contribution in [0.5, 0.6) is 0 Å². The summed E-state index contributed by atoms with van der Waals surface area (Å²) in [5, 5.41) is 0.801. The molecule has 1 aliphatic rings. The molecule has 0 atom stereocenters. The highest BCUT2D eigenvalue weighted by Gasteiger charge is 2.38. The minimum atomic E-state index is 0.0906. The third kappa shape index (κ3) is 3.20. The molecule has 82 valence electrons. The number of hydrogen-bond donors (Lipinski definition) is 1. The van der Waals surface area contributed by atoms with Crippen molar-refractivity contribution in [3.63, 3.8) is 0 Å². The fraction of sp³-hybridized carbons (Fsp3) is 0.500. The molecule has 2 rings (SSSR count). The van der Waals surface area contributed by atoms with Gasteiger partial charge in [-0.3, -0.25) is 0 Å². The molecule has 1 saturated carbocycles. The minimum absolute atomic E-state index is 0.0906. The molecule has 2 N–H and O–H groups in total. The first kappa shape index (κ1) is 10.9. The maximum Gasteiger partial charge on any atom is 0.0409 e. The largest absolute Gasteiger partial charge is 0.324 e. The summed E-state index contributed by atoms with van der Waals surface area (Å²) < 4.78 is 0. The van der Waals surface area contributed by atoms with Crippen LogP contribution >= 0.6 is 11.6 Å². The molecule has 15 heavy (non-hydrogen) atoms. The van der Waals surface area contributed by atoms with Gasteiger partial charge in [-0.05, 0) is 37.6 Å². The summed E-state index contributed by atoms with van der Waals surface area (Å²) >= 11 is 5.93. The third-order valence-electron chi connectivity index (χ3n) is 2.82. The number of halogens is 1. The summed E-state index contributed by atoms with van der Waals surface area (Å²) in [6, 6.07) is 7.99. The van der Waals surface area contributed by atoms with E-state index in [1.807, 2.05) is 18.2 Å². The van der Waals surface area contributed by atoms with Gasteiger partial charge in [0.15, 0.2) is 0 Å². The minimum Gasteiger partial charge on any atom is -0.324 e. The van der Waals surface area contributed by atoms with Gasteiger partial charge in [0.05, 0.1) is 0 Å². The first-order valence-corrected chi connectivity index (χ1v) is 5.67. The average molecular weight is 225 g/mol. The molecule has 0 radical (unpaired) electrons. The van der Waals surface area contributed by atoms with Gasteiger partial charge in [-0.1, -0.05) is 23.7 Å². The fourth-order valence-electron chi connectivity index (χ4n) is 1.86. The van der Waals surface area contributed by atoms with E-state index in [2.05, 4.69) is 18.0 Å². The smallest absolute Gasteiger partial charge is 0.0409 e. The average Bonchev–Trinajstić information content (AvgIpc) is 2.82. The lowest BCUT2D eigenvalue weighted by atomic mass is 10.2. The summed E-state index contributed by atoms with van der Waals surface area (Å²) in [4.78, 5) is 2.26. The van der Waals surface area contributed by atoms with Gasteiger partial charge in [0.1, 0.15) is 0 Å². The second-order valence-corrected chi connectivity index (χ2v) is 5.10. The molecule has 0 spiro atoms. The Morgan fingerprint density at radius 2 is 2.20 bits per heavy atom. The molecule has 0 bridgehead atoms. The number of benzene rings is 1. The van der Waals surface area contributed by atoms with Crippen LogP contribution in [0.2, 0.25) is 5.02 Å². The van der Waals surface area contributed by atoms with Gasteiger partial charge in [-0.15, -0.1) is 0 Å². The zero-order valence-corrected chi connectivity index (χ0v) is 9.80. The Kier molecular flexibility index (Phi) is 3.01. The van der Waals surface area contributed by atoms with Crippen molar-refractivity contribution in [3.8, 4) is 0 Å². The van der Waals surface area contributed by atoms with Crippen LogP contribution in [-0.4, -0.2) is 24.0 Å². The third-order valence-corrected chi connectivity index (χ3v) is 3.05.